The fourth-order valence-electron chi connectivity index (χ4n) is 3.41. The number of carbonyl (C=O) groups is 2. The van der Waals surface area contributed by atoms with E-state index in [1.54, 1.807) is 43.6 Å². The van der Waals surface area contributed by atoms with Crippen molar-refractivity contribution in [2.24, 2.45) is 5.92 Å². The highest BCUT2D eigenvalue weighted by Crippen LogP contribution is 2.40. The molecule has 0 radical (unpaired) electrons. The van der Waals surface area contributed by atoms with Gasteiger partial charge in [-0.3, -0.25) is 14.6 Å². The first kappa shape index (κ1) is 19.6. The number of carbonyl (C=O) groups excluding carboxylic acids is 2. The first-order valence-corrected chi connectivity index (χ1v) is 9.23. The summed E-state index contributed by atoms with van der Waals surface area (Å²) in [7, 11) is 1.56. The van der Waals surface area contributed by atoms with E-state index in [2.05, 4.69) is 4.98 Å². The van der Waals surface area contributed by atoms with Crippen LogP contribution in [0.25, 0.3) is 0 Å². The summed E-state index contributed by atoms with van der Waals surface area (Å²) in [6.07, 6.45) is 1.90. The van der Waals surface area contributed by atoms with Gasteiger partial charge in [-0.05, 0) is 35.7 Å². The summed E-state index contributed by atoms with van der Waals surface area (Å²) < 4.78 is 5.30. The molecule has 0 fully saturated rings. The third-order valence-corrected chi connectivity index (χ3v) is 4.67. The Morgan fingerprint density at radius 3 is 2.68 bits per heavy atom. The molecule has 146 valence electrons. The molecule has 0 saturated heterocycles. The van der Waals surface area contributed by atoms with Crippen LogP contribution in [0.15, 0.2) is 60.0 Å². The first-order valence-electron chi connectivity index (χ1n) is 9.23. The molecular formula is C22H24N2O4. The van der Waals surface area contributed by atoms with Crippen LogP contribution in [0, 0.1) is 5.92 Å². The van der Waals surface area contributed by atoms with E-state index in [0.29, 0.717) is 17.0 Å². The van der Waals surface area contributed by atoms with Crippen LogP contribution in [0.1, 0.15) is 37.6 Å². The molecule has 3 rings (SSSR count). The fourth-order valence-corrected chi connectivity index (χ4v) is 3.41. The first-order chi connectivity index (χ1) is 13.4. The Labute approximate surface area is 164 Å². The maximum Gasteiger partial charge on any atom is 0.290 e. The number of ether oxygens (including phenoxy) is 1. The summed E-state index contributed by atoms with van der Waals surface area (Å²) in [6, 6.07) is 12.0. The molecule has 1 atom stereocenters. The summed E-state index contributed by atoms with van der Waals surface area (Å²) in [4.78, 5) is 31.5. The Balaban J connectivity index is 2.06. The lowest BCUT2D eigenvalue weighted by Crippen LogP contribution is -2.31. The fraction of sp³-hybridized carbons (Fsp3) is 0.318. The van der Waals surface area contributed by atoms with Crippen molar-refractivity contribution in [1.82, 2.24) is 9.88 Å². The van der Waals surface area contributed by atoms with Gasteiger partial charge in [0.15, 0.2) is 11.5 Å². The third kappa shape index (κ3) is 3.91. The van der Waals surface area contributed by atoms with Crippen molar-refractivity contribution in [3.63, 3.8) is 0 Å². The van der Waals surface area contributed by atoms with Crippen LogP contribution in [0.3, 0.4) is 0 Å². The molecule has 1 aromatic heterocycles. The molecule has 0 aliphatic carbocycles. The summed E-state index contributed by atoms with van der Waals surface area (Å²) >= 11 is 0. The molecule has 1 aromatic carbocycles. The van der Waals surface area contributed by atoms with Crippen molar-refractivity contribution in [1.29, 1.82) is 0 Å². The average Bonchev–Trinajstić information content (AvgIpc) is 2.93. The van der Waals surface area contributed by atoms with Crippen molar-refractivity contribution in [2.45, 2.75) is 32.9 Å². The number of hydrogen-bond acceptors (Lipinski definition) is 5. The second-order valence-corrected chi connectivity index (χ2v) is 7.22. The lowest BCUT2D eigenvalue weighted by Gasteiger charge is -2.27. The van der Waals surface area contributed by atoms with E-state index in [-0.39, 0.29) is 30.2 Å². The van der Waals surface area contributed by atoms with Crippen LogP contribution in [-0.2, 0) is 16.1 Å². The van der Waals surface area contributed by atoms with Crippen LogP contribution in [-0.4, -0.2) is 33.8 Å². The van der Waals surface area contributed by atoms with Gasteiger partial charge in [0.25, 0.3) is 5.91 Å². The molecular weight excluding hydrogens is 356 g/mol. The van der Waals surface area contributed by atoms with Crippen LogP contribution in [0.5, 0.6) is 5.75 Å². The van der Waals surface area contributed by atoms with Gasteiger partial charge in [0.05, 0.1) is 31.0 Å². The Morgan fingerprint density at radius 2 is 2.04 bits per heavy atom. The quantitative estimate of drug-likeness (QED) is 0.794. The van der Waals surface area contributed by atoms with E-state index in [9.17, 15) is 14.7 Å². The van der Waals surface area contributed by atoms with Crippen molar-refractivity contribution >= 4 is 11.7 Å². The van der Waals surface area contributed by atoms with Crippen LogP contribution < -0.4 is 4.74 Å². The number of ketones is 1. The van der Waals surface area contributed by atoms with Gasteiger partial charge in [0, 0.05) is 12.6 Å². The number of rotatable bonds is 7. The highest BCUT2D eigenvalue weighted by atomic mass is 16.5. The number of nitrogens with zero attached hydrogens (tertiary/aromatic N) is 2. The number of methoxy groups -OCH3 is 1. The van der Waals surface area contributed by atoms with E-state index in [0.717, 1.165) is 0 Å². The third-order valence-electron chi connectivity index (χ3n) is 4.67. The van der Waals surface area contributed by atoms with Gasteiger partial charge in [-0.15, -0.1) is 0 Å². The van der Waals surface area contributed by atoms with Crippen molar-refractivity contribution in [3.05, 3.63) is 71.3 Å². The Kier molecular flexibility index (Phi) is 5.78. The SMILES string of the molecule is COc1cccc(C2C(C(=O)CC(C)C)=C(O)C(=O)N2Cc2ccccn2)c1. The number of Topliss-reactive ketones (excluding diaryl/α,β-unsaturated/α-hetero) is 1. The number of pyridine rings is 1. The minimum Gasteiger partial charge on any atom is -0.503 e. The standard InChI is InChI=1S/C22H24N2O4/c1-14(2)11-18(25)19-20(15-7-6-9-17(12-15)28-3)24(22(27)21(19)26)13-16-8-4-5-10-23-16/h4-10,12,14,20,26H,11,13H2,1-3H3. The smallest absolute Gasteiger partial charge is 0.290 e. The number of aromatic nitrogens is 1. The van der Waals surface area contributed by atoms with Gasteiger partial charge in [0.2, 0.25) is 0 Å². The van der Waals surface area contributed by atoms with E-state index in [4.69, 9.17) is 4.74 Å². The zero-order valence-electron chi connectivity index (χ0n) is 16.3. The van der Waals surface area contributed by atoms with E-state index in [1.807, 2.05) is 26.0 Å². The lowest BCUT2D eigenvalue weighted by atomic mass is 9.92. The van der Waals surface area contributed by atoms with Gasteiger partial charge in [-0.1, -0.05) is 32.0 Å². The number of aliphatic hydroxyl groups excluding tert-OH is 1. The molecule has 2 heterocycles. The Hall–Kier alpha value is -3.15. The molecule has 1 aliphatic rings. The molecule has 6 heteroatoms. The molecule has 1 amide bonds. The zero-order chi connectivity index (χ0) is 20.3. The van der Waals surface area contributed by atoms with Crippen LogP contribution >= 0.6 is 0 Å². The monoisotopic (exact) mass is 380 g/mol. The molecule has 1 unspecified atom stereocenters. The van der Waals surface area contributed by atoms with E-state index < -0.39 is 17.7 Å². The summed E-state index contributed by atoms with van der Waals surface area (Å²) in [5, 5.41) is 10.6. The molecule has 0 saturated carbocycles. The summed E-state index contributed by atoms with van der Waals surface area (Å²) in [5.74, 6) is -0.541. The van der Waals surface area contributed by atoms with Crippen LogP contribution in [0.2, 0.25) is 0 Å². The maximum atomic E-state index is 12.9. The predicted molar refractivity (Wildman–Crippen MR) is 105 cm³/mol. The molecule has 1 aliphatic heterocycles. The van der Waals surface area contributed by atoms with Crippen LogP contribution in [0.4, 0.5) is 0 Å². The van der Waals surface area contributed by atoms with E-state index >= 15 is 0 Å². The minimum atomic E-state index is -0.684. The Bertz CT molecular complexity index is 906. The zero-order valence-corrected chi connectivity index (χ0v) is 16.3. The normalized spacial score (nSPS) is 16.8. The topological polar surface area (TPSA) is 79.7 Å². The highest BCUT2D eigenvalue weighted by Gasteiger charge is 2.43. The van der Waals surface area contributed by atoms with Gasteiger partial charge < -0.3 is 14.7 Å². The largest absolute Gasteiger partial charge is 0.503 e. The Morgan fingerprint density at radius 1 is 1.25 bits per heavy atom. The molecule has 0 bridgehead atoms. The molecule has 2 aromatic rings. The number of amides is 1. The van der Waals surface area contributed by atoms with Gasteiger partial charge in [0.1, 0.15) is 5.75 Å². The predicted octanol–water partition coefficient (Wildman–Crippen LogP) is 3.60. The maximum absolute atomic E-state index is 12.9. The molecule has 28 heavy (non-hydrogen) atoms. The van der Waals surface area contributed by atoms with E-state index in [1.165, 1.54) is 4.90 Å². The van der Waals surface area contributed by atoms with Gasteiger partial charge in [-0.25, -0.2) is 0 Å². The second-order valence-electron chi connectivity index (χ2n) is 7.22. The average molecular weight is 380 g/mol. The van der Waals surface area contributed by atoms with Crippen molar-refractivity contribution in [3.8, 4) is 5.75 Å². The van der Waals surface area contributed by atoms with Crippen molar-refractivity contribution < 1.29 is 19.4 Å². The highest BCUT2D eigenvalue weighted by molar-refractivity contribution is 6.09. The summed E-state index contributed by atoms with van der Waals surface area (Å²) in [5.41, 5.74) is 1.52. The molecule has 6 nitrogen and oxygen atoms in total. The van der Waals surface area contributed by atoms with Gasteiger partial charge >= 0.3 is 0 Å². The summed E-state index contributed by atoms with van der Waals surface area (Å²) in [6.45, 7) is 4.04. The number of benzene rings is 1. The molecule has 0 spiro atoms. The van der Waals surface area contributed by atoms with Gasteiger partial charge in [-0.2, -0.15) is 0 Å². The number of hydrogen-bond donors (Lipinski definition) is 1. The number of aliphatic hydroxyl groups is 1. The van der Waals surface area contributed by atoms with Crippen molar-refractivity contribution in [2.75, 3.05) is 7.11 Å². The molecule has 1 N–H and O–H groups in total. The second kappa shape index (κ2) is 8.25. The minimum absolute atomic E-state index is 0.110. The lowest BCUT2D eigenvalue weighted by molar-refractivity contribution is -0.130.